The number of aryl methyl sites for hydroxylation is 1. The van der Waals surface area contributed by atoms with Crippen LogP contribution >= 0.6 is 0 Å². The summed E-state index contributed by atoms with van der Waals surface area (Å²) in [6, 6.07) is 11.9. The molecule has 5 rings (SSSR count). The lowest BCUT2D eigenvalue weighted by atomic mass is 10.1. The molecule has 164 valence electrons. The summed E-state index contributed by atoms with van der Waals surface area (Å²) in [6.07, 6.45) is 3.47. The molecule has 9 heteroatoms. The van der Waals surface area contributed by atoms with Crippen molar-refractivity contribution in [3.63, 3.8) is 0 Å². The second-order valence-electron chi connectivity index (χ2n) is 7.84. The van der Waals surface area contributed by atoms with E-state index in [-0.39, 0.29) is 5.91 Å². The molecular formula is C23H24N6O3. The van der Waals surface area contributed by atoms with Crippen LogP contribution in [0.25, 0.3) is 17.0 Å². The zero-order valence-electron chi connectivity index (χ0n) is 18.0. The molecule has 0 saturated carbocycles. The molecule has 3 aromatic heterocycles. The Kier molecular flexibility index (Phi) is 5.32. The maximum atomic E-state index is 11.7. The van der Waals surface area contributed by atoms with E-state index in [1.54, 1.807) is 11.8 Å². The van der Waals surface area contributed by atoms with Crippen molar-refractivity contribution in [1.82, 2.24) is 24.4 Å². The molecule has 9 nitrogen and oxygen atoms in total. The van der Waals surface area contributed by atoms with Crippen molar-refractivity contribution in [2.75, 3.05) is 25.0 Å². The molecule has 4 heterocycles. The van der Waals surface area contributed by atoms with Gasteiger partial charge in [0, 0.05) is 30.9 Å². The van der Waals surface area contributed by atoms with Crippen molar-refractivity contribution < 1.29 is 14.1 Å². The maximum Gasteiger partial charge on any atom is 0.257 e. The predicted molar refractivity (Wildman–Crippen MR) is 118 cm³/mol. The van der Waals surface area contributed by atoms with Gasteiger partial charge in [-0.25, -0.2) is 4.98 Å². The van der Waals surface area contributed by atoms with Crippen LogP contribution in [0.3, 0.4) is 0 Å². The number of hydrogen-bond donors (Lipinski definition) is 1. The van der Waals surface area contributed by atoms with Crippen LogP contribution in [0.5, 0.6) is 0 Å². The average Bonchev–Trinajstić information content (AvgIpc) is 3.46. The number of morpholine rings is 1. The van der Waals surface area contributed by atoms with Crippen LogP contribution in [0, 0.1) is 6.92 Å². The minimum atomic E-state index is -0.410. The third-order valence-electron chi connectivity index (χ3n) is 5.68. The van der Waals surface area contributed by atoms with Gasteiger partial charge in [0.2, 0.25) is 11.7 Å². The first-order valence-electron chi connectivity index (χ1n) is 10.5. The number of aromatic nitrogens is 4. The van der Waals surface area contributed by atoms with Crippen molar-refractivity contribution in [3.05, 3.63) is 65.9 Å². The molecule has 0 radical (unpaired) electrons. The van der Waals surface area contributed by atoms with Crippen LogP contribution in [0.2, 0.25) is 0 Å². The summed E-state index contributed by atoms with van der Waals surface area (Å²) in [6.45, 7) is 5.67. The van der Waals surface area contributed by atoms with E-state index in [1.165, 1.54) is 0 Å². The predicted octanol–water partition coefficient (Wildman–Crippen LogP) is 3.22. The fourth-order valence-electron chi connectivity index (χ4n) is 3.82. The monoisotopic (exact) mass is 432 g/mol. The standard InChI is InChI=1S/C23H24N6O3/c1-15-6-7-17(11-19(15)24-12-18-13-25-21-5-3-4-8-29(18)21)22-26-23(32-27-22)20-14-28(16(2)30)9-10-31-20/h3-8,11,13,20,24H,9-10,12,14H2,1-2H3. The summed E-state index contributed by atoms with van der Waals surface area (Å²) >= 11 is 0. The average molecular weight is 432 g/mol. The largest absolute Gasteiger partial charge is 0.379 e. The molecule has 1 atom stereocenters. The van der Waals surface area contributed by atoms with Gasteiger partial charge in [-0.3, -0.25) is 4.79 Å². The fourth-order valence-corrected chi connectivity index (χ4v) is 3.82. The first-order chi connectivity index (χ1) is 15.6. The molecule has 1 aromatic carbocycles. The highest BCUT2D eigenvalue weighted by Gasteiger charge is 2.28. The summed E-state index contributed by atoms with van der Waals surface area (Å²) in [4.78, 5) is 22.4. The van der Waals surface area contributed by atoms with E-state index in [9.17, 15) is 4.79 Å². The lowest BCUT2D eigenvalue weighted by Gasteiger charge is -2.30. The number of hydrogen-bond acceptors (Lipinski definition) is 7. The molecular weight excluding hydrogens is 408 g/mol. The number of carbonyl (C=O) groups is 1. The van der Waals surface area contributed by atoms with Crippen LogP contribution in [0.15, 0.2) is 53.3 Å². The van der Waals surface area contributed by atoms with Gasteiger partial charge in [0.05, 0.1) is 31.6 Å². The minimum absolute atomic E-state index is 0.0123. The van der Waals surface area contributed by atoms with Gasteiger partial charge in [-0.1, -0.05) is 23.4 Å². The number of fused-ring (bicyclic) bond motifs is 1. The van der Waals surface area contributed by atoms with Crippen molar-refractivity contribution in [1.29, 1.82) is 0 Å². The van der Waals surface area contributed by atoms with Crippen LogP contribution in [0.4, 0.5) is 5.69 Å². The van der Waals surface area contributed by atoms with Crippen molar-refractivity contribution in [3.8, 4) is 11.4 Å². The van der Waals surface area contributed by atoms with Crippen molar-refractivity contribution in [2.24, 2.45) is 0 Å². The Morgan fingerprint density at radius 1 is 1.28 bits per heavy atom. The Balaban J connectivity index is 1.33. The Morgan fingerprint density at radius 2 is 2.19 bits per heavy atom. The topological polar surface area (TPSA) is 97.8 Å². The number of rotatable bonds is 5. The number of nitrogens with one attached hydrogen (secondary N) is 1. The van der Waals surface area contributed by atoms with Gasteiger partial charge in [-0.2, -0.15) is 4.98 Å². The van der Waals surface area contributed by atoms with E-state index in [0.29, 0.717) is 38.0 Å². The highest BCUT2D eigenvalue weighted by atomic mass is 16.5. The molecule has 1 N–H and O–H groups in total. The third kappa shape index (κ3) is 3.94. The van der Waals surface area contributed by atoms with Crippen molar-refractivity contribution in [2.45, 2.75) is 26.5 Å². The summed E-state index contributed by atoms with van der Waals surface area (Å²) in [5, 5.41) is 7.63. The summed E-state index contributed by atoms with van der Waals surface area (Å²) in [7, 11) is 0. The Hall–Kier alpha value is -3.72. The van der Waals surface area contributed by atoms with Gasteiger partial charge in [0.25, 0.3) is 5.89 Å². The lowest BCUT2D eigenvalue weighted by Crippen LogP contribution is -2.41. The molecule has 1 aliphatic rings. The molecule has 0 aliphatic carbocycles. The van der Waals surface area contributed by atoms with Gasteiger partial charge in [-0.05, 0) is 30.7 Å². The molecule has 1 unspecified atom stereocenters. The number of pyridine rings is 1. The Morgan fingerprint density at radius 3 is 3.06 bits per heavy atom. The number of carbonyl (C=O) groups excluding carboxylic acids is 1. The molecule has 0 spiro atoms. The van der Waals surface area contributed by atoms with Crippen molar-refractivity contribution >= 4 is 17.2 Å². The number of imidazole rings is 1. The molecule has 4 aromatic rings. The van der Waals surface area contributed by atoms with E-state index in [1.807, 2.05) is 48.8 Å². The van der Waals surface area contributed by atoms with Crippen LogP contribution in [-0.2, 0) is 16.1 Å². The van der Waals surface area contributed by atoms with Crippen LogP contribution in [-0.4, -0.2) is 50.0 Å². The molecule has 32 heavy (non-hydrogen) atoms. The normalized spacial score (nSPS) is 16.4. The molecule has 1 amide bonds. The van der Waals surface area contributed by atoms with E-state index >= 15 is 0 Å². The van der Waals surface area contributed by atoms with E-state index < -0.39 is 6.10 Å². The van der Waals surface area contributed by atoms with Gasteiger partial charge < -0.3 is 23.9 Å². The summed E-state index contributed by atoms with van der Waals surface area (Å²) in [5.41, 5.74) is 4.92. The molecule has 1 fully saturated rings. The quantitative estimate of drug-likeness (QED) is 0.517. The molecule has 0 bridgehead atoms. The minimum Gasteiger partial charge on any atom is -0.379 e. The van der Waals surface area contributed by atoms with E-state index in [4.69, 9.17) is 9.26 Å². The Bertz CT molecular complexity index is 1260. The van der Waals surface area contributed by atoms with Crippen LogP contribution in [0.1, 0.15) is 30.2 Å². The SMILES string of the molecule is CC(=O)N1CCOC(c2nc(-c3ccc(C)c(NCc4cnc5ccccn45)c3)no2)C1. The van der Waals surface area contributed by atoms with Crippen LogP contribution < -0.4 is 5.32 Å². The molecule has 1 aliphatic heterocycles. The highest BCUT2D eigenvalue weighted by Crippen LogP contribution is 2.27. The third-order valence-corrected chi connectivity index (χ3v) is 5.68. The number of ether oxygens (including phenoxy) is 1. The number of benzene rings is 1. The second-order valence-corrected chi connectivity index (χ2v) is 7.84. The second kappa shape index (κ2) is 8.43. The van der Waals surface area contributed by atoms with E-state index in [0.717, 1.165) is 28.2 Å². The first-order valence-corrected chi connectivity index (χ1v) is 10.5. The van der Waals surface area contributed by atoms with Gasteiger partial charge in [0.15, 0.2) is 6.10 Å². The smallest absolute Gasteiger partial charge is 0.257 e. The zero-order chi connectivity index (χ0) is 22.1. The summed E-state index contributed by atoms with van der Waals surface area (Å²) < 4.78 is 13.3. The van der Waals surface area contributed by atoms with E-state index in [2.05, 4.69) is 31.8 Å². The summed E-state index contributed by atoms with van der Waals surface area (Å²) in [5.74, 6) is 0.881. The number of anilines is 1. The molecule has 1 saturated heterocycles. The first kappa shape index (κ1) is 20.2. The zero-order valence-corrected chi connectivity index (χ0v) is 18.0. The van der Waals surface area contributed by atoms with Gasteiger partial charge in [-0.15, -0.1) is 0 Å². The number of amides is 1. The van der Waals surface area contributed by atoms with Gasteiger partial charge >= 0.3 is 0 Å². The fraction of sp³-hybridized carbons (Fsp3) is 0.304. The Labute approximate surface area is 185 Å². The number of nitrogens with zero attached hydrogens (tertiary/aromatic N) is 5. The highest BCUT2D eigenvalue weighted by molar-refractivity contribution is 5.73. The maximum absolute atomic E-state index is 11.7. The van der Waals surface area contributed by atoms with Gasteiger partial charge in [0.1, 0.15) is 5.65 Å². The lowest BCUT2D eigenvalue weighted by molar-refractivity contribution is -0.137.